The van der Waals surface area contributed by atoms with Crippen LogP contribution in [-0.4, -0.2) is 44.2 Å². The molecule has 1 amide bonds. The van der Waals surface area contributed by atoms with Crippen LogP contribution in [0.4, 0.5) is 4.79 Å². The third-order valence-electron chi connectivity index (χ3n) is 3.37. The molecule has 0 radical (unpaired) electrons. The average molecular weight is 309 g/mol. The van der Waals surface area contributed by atoms with Crippen LogP contribution in [0.5, 0.6) is 0 Å². The Hall–Kier alpha value is -1.82. The van der Waals surface area contributed by atoms with Crippen molar-refractivity contribution in [2.24, 2.45) is 0 Å². The summed E-state index contributed by atoms with van der Waals surface area (Å²) >= 11 is 6.04. The van der Waals surface area contributed by atoms with Gasteiger partial charge in [-0.3, -0.25) is 0 Å². The van der Waals surface area contributed by atoms with Crippen molar-refractivity contribution in [3.8, 4) is 0 Å². The second-order valence-electron chi connectivity index (χ2n) is 6.16. The van der Waals surface area contributed by atoms with Crippen molar-refractivity contribution in [3.63, 3.8) is 0 Å². The first kappa shape index (κ1) is 14.1. The van der Waals surface area contributed by atoms with Crippen LogP contribution in [0.2, 0.25) is 5.15 Å². The molecule has 1 aliphatic rings. The van der Waals surface area contributed by atoms with E-state index < -0.39 is 5.60 Å². The van der Waals surface area contributed by atoms with Crippen LogP contribution in [0.15, 0.2) is 18.6 Å². The number of carbonyl (C=O) groups is 1. The molecular weight excluding hydrogens is 292 g/mol. The molecule has 7 heteroatoms. The van der Waals surface area contributed by atoms with Gasteiger partial charge in [0.1, 0.15) is 22.7 Å². The summed E-state index contributed by atoms with van der Waals surface area (Å²) in [7, 11) is 0. The summed E-state index contributed by atoms with van der Waals surface area (Å²) in [6, 6.07) is 2.09. The molecule has 0 bridgehead atoms. The van der Waals surface area contributed by atoms with E-state index in [0.717, 1.165) is 11.0 Å². The molecule has 21 heavy (non-hydrogen) atoms. The highest BCUT2D eigenvalue weighted by Gasteiger charge is 2.35. The molecule has 0 atom stereocenters. The number of aromatic nitrogens is 3. The highest BCUT2D eigenvalue weighted by Crippen LogP contribution is 2.29. The van der Waals surface area contributed by atoms with Crippen LogP contribution in [0.3, 0.4) is 0 Å². The zero-order valence-electron chi connectivity index (χ0n) is 12.2. The van der Waals surface area contributed by atoms with Gasteiger partial charge >= 0.3 is 6.09 Å². The second kappa shape index (κ2) is 4.87. The lowest BCUT2D eigenvalue weighted by Gasteiger charge is -2.40. The second-order valence-corrected chi connectivity index (χ2v) is 6.52. The molecule has 2 aromatic heterocycles. The standard InChI is InChI=1S/C14H17ClN4O2/c1-14(2,3)21-13(20)18-6-9(7-18)19-5-4-10-11(15)16-8-17-12(10)19/h4-5,8-9H,6-7H2,1-3H3. The molecule has 3 heterocycles. The summed E-state index contributed by atoms with van der Waals surface area (Å²) in [5.41, 5.74) is 0.326. The molecule has 0 saturated carbocycles. The Balaban J connectivity index is 1.71. The van der Waals surface area contributed by atoms with E-state index in [2.05, 4.69) is 9.97 Å². The summed E-state index contributed by atoms with van der Waals surface area (Å²) in [5.74, 6) is 0. The Morgan fingerprint density at radius 3 is 2.76 bits per heavy atom. The normalized spacial score (nSPS) is 16.1. The number of halogens is 1. The number of carbonyl (C=O) groups excluding carboxylic acids is 1. The molecule has 3 rings (SSSR count). The van der Waals surface area contributed by atoms with Crippen LogP contribution >= 0.6 is 11.6 Å². The number of hydrogen-bond acceptors (Lipinski definition) is 4. The molecule has 1 aliphatic heterocycles. The fraction of sp³-hybridized carbons (Fsp3) is 0.500. The summed E-state index contributed by atoms with van der Waals surface area (Å²) in [6.45, 7) is 6.81. The lowest BCUT2D eigenvalue weighted by Crippen LogP contribution is -2.52. The number of rotatable bonds is 1. The Bertz CT molecular complexity index is 686. The lowest BCUT2D eigenvalue weighted by atomic mass is 10.1. The van der Waals surface area contributed by atoms with E-state index in [-0.39, 0.29) is 12.1 Å². The fourth-order valence-corrected chi connectivity index (χ4v) is 2.53. The Kier molecular flexibility index (Phi) is 3.28. The van der Waals surface area contributed by atoms with Crippen molar-refractivity contribution in [2.75, 3.05) is 13.1 Å². The van der Waals surface area contributed by atoms with Crippen molar-refractivity contribution in [2.45, 2.75) is 32.4 Å². The van der Waals surface area contributed by atoms with Gasteiger partial charge in [-0.1, -0.05) is 11.6 Å². The number of amides is 1. The van der Waals surface area contributed by atoms with Crippen molar-refractivity contribution in [3.05, 3.63) is 23.7 Å². The first-order chi connectivity index (χ1) is 9.85. The maximum Gasteiger partial charge on any atom is 0.410 e. The smallest absolute Gasteiger partial charge is 0.410 e. The quantitative estimate of drug-likeness (QED) is 0.760. The average Bonchev–Trinajstić information content (AvgIpc) is 2.70. The first-order valence-electron chi connectivity index (χ1n) is 6.80. The van der Waals surface area contributed by atoms with E-state index in [4.69, 9.17) is 16.3 Å². The summed E-state index contributed by atoms with van der Waals surface area (Å²) in [5, 5.41) is 1.27. The van der Waals surface area contributed by atoms with Gasteiger partial charge in [0, 0.05) is 19.3 Å². The number of hydrogen-bond donors (Lipinski definition) is 0. The van der Waals surface area contributed by atoms with E-state index in [1.807, 2.05) is 37.6 Å². The number of ether oxygens (including phenoxy) is 1. The summed E-state index contributed by atoms with van der Waals surface area (Å²) in [4.78, 5) is 21.8. The Morgan fingerprint density at radius 1 is 1.38 bits per heavy atom. The van der Waals surface area contributed by atoms with Crippen molar-refractivity contribution < 1.29 is 9.53 Å². The number of likely N-dealkylation sites (tertiary alicyclic amines) is 1. The summed E-state index contributed by atoms with van der Waals surface area (Å²) < 4.78 is 7.38. The molecule has 112 valence electrons. The molecule has 0 aliphatic carbocycles. The predicted molar refractivity (Wildman–Crippen MR) is 79.4 cm³/mol. The summed E-state index contributed by atoms with van der Waals surface area (Å²) in [6.07, 6.45) is 3.11. The molecule has 0 N–H and O–H groups in total. The number of fused-ring (bicyclic) bond motifs is 1. The van der Waals surface area contributed by atoms with Crippen molar-refractivity contribution >= 4 is 28.7 Å². The van der Waals surface area contributed by atoms with E-state index in [1.54, 1.807) is 4.90 Å². The fourth-order valence-electron chi connectivity index (χ4n) is 2.34. The Labute approximate surface area is 127 Å². The van der Waals surface area contributed by atoms with Crippen LogP contribution in [0, 0.1) is 0 Å². The molecule has 2 aromatic rings. The van der Waals surface area contributed by atoms with Crippen LogP contribution in [0.1, 0.15) is 26.8 Å². The van der Waals surface area contributed by atoms with Gasteiger partial charge < -0.3 is 14.2 Å². The van der Waals surface area contributed by atoms with Gasteiger partial charge in [-0.15, -0.1) is 0 Å². The molecule has 0 unspecified atom stereocenters. The minimum atomic E-state index is -0.469. The monoisotopic (exact) mass is 308 g/mol. The highest BCUT2D eigenvalue weighted by molar-refractivity contribution is 6.33. The van der Waals surface area contributed by atoms with Crippen molar-refractivity contribution in [1.82, 2.24) is 19.4 Å². The molecule has 1 saturated heterocycles. The lowest BCUT2D eigenvalue weighted by molar-refractivity contribution is 0.00151. The van der Waals surface area contributed by atoms with Crippen LogP contribution < -0.4 is 0 Å². The van der Waals surface area contributed by atoms with Gasteiger partial charge in [0.2, 0.25) is 0 Å². The first-order valence-corrected chi connectivity index (χ1v) is 7.18. The number of nitrogens with zero attached hydrogens (tertiary/aromatic N) is 4. The third kappa shape index (κ3) is 2.68. The largest absolute Gasteiger partial charge is 0.444 e. The zero-order chi connectivity index (χ0) is 15.2. The van der Waals surface area contributed by atoms with Crippen LogP contribution in [-0.2, 0) is 4.74 Å². The minimum Gasteiger partial charge on any atom is -0.444 e. The van der Waals surface area contributed by atoms with E-state index in [9.17, 15) is 4.79 Å². The van der Waals surface area contributed by atoms with Gasteiger partial charge in [-0.25, -0.2) is 14.8 Å². The van der Waals surface area contributed by atoms with E-state index >= 15 is 0 Å². The van der Waals surface area contributed by atoms with Gasteiger partial charge in [0.15, 0.2) is 0 Å². The maximum absolute atomic E-state index is 11.9. The van der Waals surface area contributed by atoms with Gasteiger partial charge in [0.05, 0.1) is 11.4 Å². The maximum atomic E-state index is 11.9. The van der Waals surface area contributed by atoms with Gasteiger partial charge in [-0.2, -0.15) is 0 Å². The van der Waals surface area contributed by atoms with Crippen molar-refractivity contribution in [1.29, 1.82) is 0 Å². The van der Waals surface area contributed by atoms with Gasteiger partial charge in [0.25, 0.3) is 0 Å². The molecule has 0 aromatic carbocycles. The third-order valence-corrected chi connectivity index (χ3v) is 3.67. The SMILES string of the molecule is CC(C)(C)OC(=O)N1CC(n2ccc3c(Cl)ncnc32)C1. The molecular formula is C14H17ClN4O2. The highest BCUT2D eigenvalue weighted by atomic mass is 35.5. The van der Waals surface area contributed by atoms with Gasteiger partial charge in [-0.05, 0) is 26.8 Å². The molecule has 1 fully saturated rings. The predicted octanol–water partition coefficient (Wildman–Crippen LogP) is 2.88. The molecule has 6 nitrogen and oxygen atoms in total. The minimum absolute atomic E-state index is 0.195. The topological polar surface area (TPSA) is 60.2 Å². The van der Waals surface area contributed by atoms with E-state index in [1.165, 1.54) is 6.33 Å². The Morgan fingerprint density at radius 2 is 2.10 bits per heavy atom. The zero-order valence-corrected chi connectivity index (χ0v) is 13.0. The van der Waals surface area contributed by atoms with E-state index in [0.29, 0.717) is 18.2 Å². The van der Waals surface area contributed by atoms with Crippen LogP contribution in [0.25, 0.3) is 11.0 Å². The molecule has 0 spiro atoms.